The second-order valence-electron chi connectivity index (χ2n) is 8.05. The molecule has 0 saturated carbocycles. The molecule has 5 rings (SSSR count). The fraction of sp³-hybridized carbons (Fsp3) is 0.154. The number of likely N-dealkylation sites (N-methyl/N-ethyl adjacent to an activating group) is 1. The van der Waals surface area contributed by atoms with Crippen LogP contribution in [-0.2, 0) is 11.3 Å². The van der Waals surface area contributed by atoms with Gasteiger partial charge in [0, 0.05) is 23.9 Å². The number of rotatable bonds is 3. The predicted molar refractivity (Wildman–Crippen MR) is 121 cm³/mol. The molecule has 0 saturated heterocycles. The third-order valence-electron chi connectivity index (χ3n) is 6.04. The Morgan fingerprint density at radius 2 is 1.67 bits per heavy atom. The lowest BCUT2D eigenvalue weighted by atomic mass is 9.95. The van der Waals surface area contributed by atoms with Gasteiger partial charge in [0.2, 0.25) is 0 Å². The molecule has 1 amide bonds. The number of halogens is 2. The number of nitrogens with one attached hydrogen (secondary N) is 1. The summed E-state index contributed by atoms with van der Waals surface area (Å²) in [5, 5.41) is 0.310. The molecule has 166 valence electrons. The van der Waals surface area contributed by atoms with Crippen molar-refractivity contribution in [3.63, 3.8) is 0 Å². The summed E-state index contributed by atoms with van der Waals surface area (Å²) in [6, 6.07) is 18.3. The van der Waals surface area contributed by atoms with Gasteiger partial charge in [-0.3, -0.25) is 9.59 Å². The van der Waals surface area contributed by atoms with Crippen molar-refractivity contribution in [1.82, 2.24) is 9.88 Å². The van der Waals surface area contributed by atoms with Crippen LogP contribution in [0.4, 0.5) is 8.78 Å². The molecular formula is C26H20F2N2O3. The minimum atomic E-state index is -1.10. The first-order valence-electron chi connectivity index (χ1n) is 10.5. The summed E-state index contributed by atoms with van der Waals surface area (Å²) < 4.78 is 33.6. The average molecular weight is 446 g/mol. The largest absolute Gasteiger partial charge is 0.373 e. The van der Waals surface area contributed by atoms with Gasteiger partial charge in [-0.25, -0.2) is 8.78 Å². The molecule has 1 atom stereocenters. The first kappa shape index (κ1) is 21.0. The normalized spacial score (nSPS) is 15.3. The van der Waals surface area contributed by atoms with E-state index in [1.807, 2.05) is 48.5 Å². The smallest absolute Gasteiger partial charge is 0.256 e. The first-order valence-corrected chi connectivity index (χ1v) is 10.5. The molecule has 0 spiro atoms. The summed E-state index contributed by atoms with van der Waals surface area (Å²) in [6.45, 7) is 0.273. The van der Waals surface area contributed by atoms with E-state index in [0.29, 0.717) is 16.8 Å². The number of hydrogen-bond donors (Lipinski definition) is 1. The summed E-state index contributed by atoms with van der Waals surface area (Å²) in [5.74, 6) is -2.40. The van der Waals surface area contributed by atoms with E-state index in [0.717, 1.165) is 23.3 Å². The van der Waals surface area contributed by atoms with Crippen molar-refractivity contribution in [1.29, 1.82) is 0 Å². The van der Waals surface area contributed by atoms with Crippen molar-refractivity contribution in [3.05, 3.63) is 106 Å². The third kappa shape index (κ3) is 3.70. The molecule has 0 bridgehead atoms. The maximum absolute atomic E-state index is 14.1. The van der Waals surface area contributed by atoms with E-state index < -0.39 is 23.2 Å². The molecule has 1 aliphatic rings. The first-order chi connectivity index (χ1) is 15.9. The summed E-state index contributed by atoms with van der Waals surface area (Å²) >= 11 is 0. The fourth-order valence-corrected chi connectivity index (χ4v) is 4.36. The highest BCUT2D eigenvalue weighted by molar-refractivity contribution is 5.96. The Morgan fingerprint density at radius 3 is 2.42 bits per heavy atom. The molecule has 7 heteroatoms. The lowest BCUT2D eigenvalue weighted by Gasteiger charge is -2.34. The van der Waals surface area contributed by atoms with Crippen LogP contribution in [0.1, 0.15) is 27.7 Å². The number of H-pyrrole nitrogens is 1. The topological polar surface area (TPSA) is 62.4 Å². The SMILES string of the molecule is CN(C(=O)c1cccc(-c2ccccc2)c1)C1COCc2[nH]c(=O)c3cc(F)c(F)cc3c21. The highest BCUT2D eigenvalue weighted by Gasteiger charge is 2.31. The van der Waals surface area contributed by atoms with Crippen LogP contribution in [0.3, 0.4) is 0 Å². The second kappa shape index (κ2) is 8.26. The van der Waals surface area contributed by atoms with Crippen LogP contribution in [0.5, 0.6) is 0 Å². The molecule has 1 aromatic heterocycles. The van der Waals surface area contributed by atoms with Gasteiger partial charge >= 0.3 is 0 Å². The number of fused-ring (bicyclic) bond motifs is 3. The van der Waals surface area contributed by atoms with Crippen molar-refractivity contribution in [2.75, 3.05) is 13.7 Å². The maximum atomic E-state index is 14.1. The van der Waals surface area contributed by atoms with Crippen LogP contribution in [0.2, 0.25) is 0 Å². The number of carbonyl (C=O) groups is 1. The van der Waals surface area contributed by atoms with Crippen LogP contribution in [0.25, 0.3) is 21.9 Å². The minimum Gasteiger partial charge on any atom is -0.373 e. The van der Waals surface area contributed by atoms with E-state index >= 15 is 0 Å². The highest BCUT2D eigenvalue weighted by atomic mass is 19.2. The van der Waals surface area contributed by atoms with Crippen molar-refractivity contribution in [2.45, 2.75) is 12.6 Å². The molecule has 3 aromatic carbocycles. The van der Waals surface area contributed by atoms with E-state index in [2.05, 4.69) is 4.98 Å². The molecule has 1 aliphatic heterocycles. The number of nitrogens with zero attached hydrogens (tertiary/aromatic N) is 1. The zero-order valence-electron chi connectivity index (χ0n) is 17.8. The molecule has 5 nitrogen and oxygen atoms in total. The molecule has 0 fully saturated rings. The van der Waals surface area contributed by atoms with Crippen molar-refractivity contribution < 1.29 is 18.3 Å². The van der Waals surface area contributed by atoms with Crippen LogP contribution in [0, 0.1) is 11.6 Å². The van der Waals surface area contributed by atoms with Crippen molar-refractivity contribution in [3.8, 4) is 11.1 Å². The summed E-state index contributed by atoms with van der Waals surface area (Å²) in [4.78, 5) is 30.1. The molecule has 1 N–H and O–H groups in total. The summed E-state index contributed by atoms with van der Waals surface area (Å²) in [6.07, 6.45) is 0. The Labute approximate surface area is 188 Å². The standard InChI is InChI=1S/C26H20F2N2O3/c1-30(26(32)17-9-5-8-16(10-17)15-6-3-2-4-7-15)23-14-33-13-22-24(23)18-11-20(27)21(28)12-19(18)25(31)29-22/h2-12,23H,13-14H2,1H3,(H,29,31). The van der Waals surface area contributed by atoms with Crippen molar-refractivity contribution >= 4 is 16.7 Å². The number of benzene rings is 3. The fourth-order valence-electron chi connectivity index (χ4n) is 4.36. The Balaban J connectivity index is 1.57. The van der Waals surface area contributed by atoms with Gasteiger partial charge in [-0.2, -0.15) is 0 Å². The zero-order valence-corrected chi connectivity index (χ0v) is 17.8. The molecule has 1 unspecified atom stereocenters. The van der Waals surface area contributed by atoms with Crippen LogP contribution < -0.4 is 5.56 Å². The Bertz CT molecular complexity index is 1430. The number of ether oxygens (including phenoxy) is 1. The number of aromatic nitrogens is 1. The zero-order chi connectivity index (χ0) is 23.1. The Hall–Kier alpha value is -3.84. The number of aromatic amines is 1. The second-order valence-corrected chi connectivity index (χ2v) is 8.05. The van der Waals surface area contributed by atoms with Gasteiger partial charge in [-0.15, -0.1) is 0 Å². The van der Waals surface area contributed by atoms with Crippen molar-refractivity contribution in [2.24, 2.45) is 0 Å². The lowest BCUT2D eigenvalue weighted by molar-refractivity contribution is 0.0335. The van der Waals surface area contributed by atoms with Gasteiger partial charge in [0.1, 0.15) is 0 Å². The van der Waals surface area contributed by atoms with Crippen LogP contribution in [-0.4, -0.2) is 29.4 Å². The van der Waals surface area contributed by atoms with E-state index in [1.54, 1.807) is 13.1 Å². The van der Waals surface area contributed by atoms with Gasteiger partial charge in [0.25, 0.3) is 11.5 Å². The van der Waals surface area contributed by atoms with E-state index in [1.165, 1.54) is 4.90 Å². The van der Waals surface area contributed by atoms with E-state index in [-0.39, 0.29) is 29.9 Å². The Morgan fingerprint density at radius 1 is 0.970 bits per heavy atom. The highest BCUT2D eigenvalue weighted by Crippen LogP contribution is 2.34. The van der Waals surface area contributed by atoms with Gasteiger partial charge < -0.3 is 14.6 Å². The monoisotopic (exact) mass is 446 g/mol. The van der Waals surface area contributed by atoms with E-state index in [4.69, 9.17) is 4.74 Å². The molecule has 2 heterocycles. The minimum absolute atomic E-state index is 0.0338. The number of pyridine rings is 1. The lowest BCUT2D eigenvalue weighted by Crippen LogP contribution is -2.37. The van der Waals surface area contributed by atoms with Gasteiger partial charge in [0.05, 0.1) is 24.6 Å². The number of carbonyl (C=O) groups excluding carboxylic acids is 1. The number of amides is 1. The van der Waals surface area contributed by atoms with Crippen LogP contribution in [0.15, 0.2) is 71.5 Å². The number of hydrogen-bond acceptors (Lipinski definition) is 3. The summed E-state index contributed by atoms with van der Waals surface area (Å²) in [7, 11) is 1.64. The molecular weight excluding hydrogens is 426 g/mol. The van der Waals surface area contributed by atoms with Gasteiger partial charge in [0.15, 0.2) is 11.6 Å². The quantitative estimate of drug-likeness (QED) is 0.491. The van der Waals surface area contributed by atoms with E-state index in [9.17, 15) is 18.4 Å². The predicted octanol–water partition coefficient (Wildman–Crippen LogP) is 4.82. The molecule has 33 heavy (non-hydrogen) atoms. The van der Waals surface area contributed by atoms with Crippen LogP contribution >= 0.6 is 0 Å². The Kier molecular flexibility index (Phi) is 5.26. The molecule has 4 aromatic rings. The van der Waals surface area contributed by atoms with Gasteiger partial charge in [-0.1, -0.05) is 42.5 Å². The molecule has 0 radical (unpaired) electrons. The van der Waals surface area contributed by atoms with Gasteiger partial charge in [-0.05, 0) is 40.8 Å². The average Bonchev–Trinajstić information content (AvgIpc) is 2.84. The third-order valence-corrected chi connectivity index (χ3v) is 6.04. The maximum Gasteiger partial charge on any atom is 0.256 e. The molecule has 0 aliphatic carbocycles. The summed E-state index contributed by atoms with van der Waals surface area (Å²) in [5.41, 5.74) is 2.86.